The average molecular weight is 328 g/mol. The fourth-order valence-corrected chi connectivity index (χ4v) is 2.18. The normalized spacial score (nSPS) is 14.4. The van der Waals surface area contributed by atoms with E-state index in [0.29, 0.717) is 5.69 Å². The van der Waals surface area contributed by atoms with Crippen LogP contribution in [0.25, 0.3) is 5.65 Å². The van der Waals surface area contributed by atoms with E-state index in [1.54, 1.807) is 6.21 Å². The molecule has 1 atom stereocenters. The molecular formula is C12H14BrN3OS. The minimum atomic E-state index is -1.25. The Morgan fingerprint density at radius 2 is 2.11 bits per heavy atom. The lowest BCUT2D eigenvalue weighted by Gasteiger charge is -2.12. The van der Waals surface area contributed by atoms with Gasteiger partial charge in [0.05, 0.1) is 11.0 Å². The fourth-order valence-electron chi connectivity index (χ4n) is 1.31. The quantitative estimate of drug-likeness (QED) is 0.796. The number of nitrogens with zero attached hydrogens (tertiary/aromatic N) is 3. The van der Waals surface area contributed by atoms with Crippen LogP contribution >= 0.6 is 15.9 Å². The summed E-state index contributed by atoms with van der Waals surface area (Å²) in [6, 6.07) is 3.83. The maximum atomic E-state index is 11.8. The van der Waals surface area contributed by atoms with E-state index in [1.807, 2.05) is 49.7 Å². The molecule has 0 N–H and O–H groups in total. The highest BCUT2D eigenvalue weighted by Crippen LogP contribution is 2.14. The van der Waals surface area contributed by atoms with Crippen LogP contribution in [0.5, 0.6) is 0 Å². The van der Waals surface area contributed by atoms with Crippen molar-refractivity contribution < 1.29 is 4.21 Å². The number of fused-ring (bicyclic) bond motifs is 1. The molecule has 2 aromatic heterocycles. The molecule has 0 saturated carbocycles. The Hall–Kier alpha value is -1.01. The van der Waals surface area contributed by atoms with Crippen LogP contribution in [0.4, 0.5) is 0 Å². The van der Waals surface area contributed by atoms with Gasteiger partial charge in [0.1, 0.15) is 22.3 Å². The van der Waals surface area contributed by atoms with Gasteiger partial charge in [-0.25, -0.2) is 9.19 Å². The summed E-state index contributed by atoms with van der Waals surface area (Å²) in [5.74, 6) is 0. The van der Waals surface area contributed by atoms with Crippen molar-refractivity contribution in [1.29, 1.82) is 0 Å². The van der Waals surface area contributed by atoms with Crippen LogP contribution in [-0.4, -0.2) is 24.6 Å². The second-order valence-corrected chi connectivity index (χ2v) is 7.72. The molecule has 96 valence electrons. The summed E-state index contributed by atoms with van der Waals surface area (Å²) in [5, 5.41) is 0. The highest BCUT2D eigenvalue weighted by molar-refractivity contribution is 9.10. The van der Waals surface area contributed by atoms with Crippen molar-refractivity contribution in [2.45, 2.75) is 25.5 Å². The van der Waals surface area contributed by atoms with Crippen LogP contribution in [0.2, 0.25) is 0 Å². The molecule has 4 nitrogen and oxygen atoms in total. The predicted octanol–water partition coefficient (Wildman–Crippen LogP) is 2.98. The molecule has 0 amide bonds. The van der Waals surface area contributed by atoms with Gasteiger partial charge in [0.2, 0.25) is 0 Å². The molecule has 2 rings (SSSR count). The summed E-state index contributed by atoms with van der Waals surface area (Å²) in [6.07, 6.45) is 5.33. The smallest absolute Gasteiger partial charge is 0.144 e. The monoisotopic (exact) mass is 327 g/mol. The Balaban J connectivity index is 2.27. The molecule has 1 unspecified atom stereocenters. The zero-order chi connectivity index (χ0) is 13.3. The molecule has 0 radical (unpaired) electrons. The highest BCUT2D eigenvalue weighted by atomic mass is 79.9. The van der Waals surface area contributed by atoms with Crippen molar-refractivity contribution in [2.75, 3.05) is 0 Å². The number of imidazole rings is 1. The van der Waals surface area contributed by atoms with E-state index >= 15 is 0 Å². The molecule has 0 aliphatic carbocycles. The lowest BCUT2D eigenvalue weighted by Crippen LogP contribution is -2.19. The molecule has 0 fully saturated rings. The van der Waals surface area contributed by atoms with Crippen molar-refractivity contribution >= 4 is 38.8 Å². The summed E-state index contributed by atoms with van der Waals surface area (Å²) in [4.78, 5) is 4.37. The van der Waals surface area contributed by atoms with E-state index < -0.39 is 11.0 Å². The first-order chi connectivity index (χ1) is 8.36. The number of hydrogen-bond donors (Lipinski definition) is 0. The number of halogens is 1. The topological polar surface area (TPSA) is 46.7 Å². The number of rotatable bonds is 2. The first-order valence-electron chi connectivity index (χ1n) is 5.46. The largest absolute Gasteiger partial charge is 0.305 e. The van der Waals surface area contributed by atoms with Gasteiger partial charge in [0, 0.05) is 16.9 Å². The van der Waals surface area contributed by atoms with E-state index in [-0.39, 0.29) is 4.75 Å². The number of hydrogen-bond acceptors (Lipinski definition) is 2. The minimum Gasteiger partial charge on any atom is -0.305 e. The first-order valence-corrected chi connectivity index (χ1v) is 7.36. The van der Waals surface area contributed by atoms with Gasteiger partial charge in [0.25, 0.3) is 0 Å². The highest BCUT2D eigenvalue weighted by Gasteiger charge is 2.18. The summed E-state index contributed by atoms with van der Waals surface area (Å²) < 4.78 is 18.3. The first kappa shape index (κ1) is 13.4. The summed E-state index contributed by atoms with van der Waals surface area (Å²) in [6.45, 7) is 5.67. The molecule has 2 aromatic rings. The molecular weight excluding hydrogens is 314 g/mol. The van der Waals surface area contributed by atoms with Crippen LogP contribution in [0.3, 0.4) is 0 Å². The SMILES string of the molecule is CC(C)(C)S(=O)N=Cc1cn2cc(Br)ccc2n1. The van der Waals surface area contributed by atoms with Gasteiger partial charge in [-0.2, -0.15) is 4.40 Å². The summed E-state index contributed by atoms with van der Waals surface area (Å²) >= 11 is 3.40. The predicted molar refractivity (Wildman–Crippen MR) is 78.4 cm³/mol. The van der Waals surface area contributed by atoms with Gasteiger partial charge >= 0.3 is 0 Å². The van der Waals surface area contributed by atoms with E-state index in [9.17, 15) is 4.21 Å². The maximum Gasteiger partial charge on any atom is 0.144 e. The van der Waals surface area contributed by atoms with E-state index in [2.05, 4.69) is 25.3 Å². The molecule has 0 bridgehead atoms. The Morgan fingerprint density at radius 1 is 1.39 bits per heavy atom. The van der Waals surface area contributed by atoms with Gasteiger partial charge in [-0.3, -0.25) is 0 Å². The Bertz CT molecular complexity index is 628. The maximum absolute atomic E-state index is 11.8. The summed E-state index contributed by atoms with van der Waals surface area (Å²) in [7, 11) is -1.25. The molecule has 0 spiro atoms. The molecule has 0 aliphatic heterocycles. The van der Waals surface area contributed by atoms with Gasteiger partial charge in [-0.15, -0.1) is 0 Å². The minimum absolute atomic E-state index is 0.349. The molecule has 2 heterocycles. The third kappa shape index (κ3) is 3.05. The third-order valence-electron chi connectivity index (χ3n) is 2.24. The van der Waals surface area contributed by atoms with Crippen LogP contribution < -0.4 is 0 Å². The molecule has 0 saturated heterocycles. The van der Waals surface area contributed by atoms with Gasteiger partial charge in [0.15, 0.2) is 0 Å². The molecule has 0 aromatic carbocycles. The standard InChI is InChI=1S/C12H14BrN3OS/c1-12(2,3)18(17)14-6-10-8-16-7-9(13)4-5-11(16)15-10/h4-8H,1-3H3. The third-order valence-corrected chi connectivity index (χ3v) is 4.05. The van der Waals surface area contributed by atoms with E-state index in [1.165, 1.54) is 0 Å². The number of aromatic nitrogens is 2. The Morgan fingerprint density at radius 3 is 2.78 bits per heavy atom. The van der Waals surface area contributed by atoms with Gasteiger partial charge < -0.3 is 4.40 Å². The number of pyridine rings is 1. The van der Waals surface area contributed by atoms with Crippen LogP contribution in [0.15, 0.2) is 33.4 Å². The Labute approximate surface area is 117 Å². The lowest BCUT2D eigenvalue weighted by atomic mass is 10.3. The van der Waals surface area contributed by atoms with E-state index in [0.717, 1.165) is 10.1 Å². The van der Waals surface area contributed by atoms with Crippen molar-refractivity contribution in [3.05, 3.63) is 34.7 Å². The Kier molecular flexibility index (Phi) is 3.68. The van der Waals surface area contributed by atoms with Crippen molar-refractivity contribution in [1.82, 2.24) is 9.38 Å². The fraction of sp³-hybridized carbons (Fsp3) is 0.333. The second kappa shape index (κ2) is 4.93. The van der Waals surface area contributed by atoms with Crippen LogP contribution in [0.1, 0.15) is 26.5 Å². The van der Waals surface area contributed by atoms with Crippen molar-refractivity contribution in [2.24, 2.45) is 4.40 Å². The summed E-state index contributed by atoms with van der Waals surface area (Å²) in [5.41, 5.74) is 1.53. The zero-order valence-corrected chi connectivity index (χ0v) is 12.8. The zero-order valence-electron chi connectivity index (χ0n) is 10.4. The molecule has 6 heteroatoms. The van der Waals surface area contributed by atoms with Crippen molar-refractivity contribution in [3.63, 3.8) is 0 Å². The molecule has 0 aliphatic rings. The van der Waals surface area contributed by atoms with Gasteiger partial charge in [-0.1, -0.05) is 0 Å². The van der Waals surface area contributed by atoms with Crippen LogP contribution in [0, 0.1) is 0 Å². The average Bonchev–Trinajstić information content (AvgIpc) is 2.66. The van der Waals surface area contributed by atoms with Crippen LogP contribution in [-0.2, 0) is 11.0 Å². The second-order valence-electron chi connectivity index (χ2n) is 4.87. The lowest BCUT2D eigenvalue weighted by molar-refractivity contribution is 0.651. The van der Waals surface area contributed by atoms with Crippen molar-refractivity contribution in [3.8, 4) is 0 Å². The molecule has 18 heavy (non-hydrogen) atoms. The van der Waals surface area contributed by atoms with E-state index in [4.69, 9.17) is 0 Å². The van der Waals surface area contributed by atoms with Gasteiger partial charge in [-0.05, 0) is 48.8 Å².